The lowest BCUT2D eigenvalue weighted by Crippen LogP contribution is -2.04. The van der Waals surface area contributed by atoms with Gasteiger partial charge in [0.15, 0.2) is 11.5 Å². The normalized spacial score (nSPS) is 11.4. The first-order valence-corrected chi connectivity index (χ1v) is 11.8. The molecule has 5 aromatic rings. The summed E-state index contributed by atoms with van der Waals surface area (Å²) in [7, 11) is 1.87. The Balaban J connectivity index is 1.46. The Bertz CT molecular complexity index is 1440. The van der Waals surface area contributed by atoms with E-state index in [0.29, 0.717) is 18.1 Å². The number of fused-ring (bicyclic) bond motifs is 1. The Kier molecular flexibility index (Phi) is 5.68. The molecule has 8 heteroatoms. The predicted molar refractivity (Wildman–Crippen MR) is 130 cm³/mol. The second kappa shape index (κ2) is 8.78. The molecule has 0 saturated heterocycles. The van der Waals surface area contributed by atoms with E-state index in [0.717, 1.165) is 44.0 Å². The Morgan fingerprint density at radius 1 is 1.03 bits per heavy atom. The quantitative estimate of drug-likeness (QED) is 0.317. The molecule has 0 fully saturated rings. The van der Waals surface area contributed by atoms with E-state index < -0.39 is 6.67 Å². The minimum Gasteiger partial charge on any atom is -0.334 e. The summed E-state index contributed by atoms with van der Waals surface area (Å²) in [5.74, 6) is 1.46. The monoisotopic (exact) mass is 458 g/mol. The zero-order valence-corrected chi connectivity index (χ0v) is 19.5. The molecule has 0 aliphatic carbocycles. The zero-order chi connectivity index (χ0) is 22.9. The van der Waals surface area contributed by atoms with Crippen molar-refractivity contribution in [3.05, 3.63) is 77.9 Å². The molecule has 6 nitrogen and oxygen atoms in total. The van der Waals surface area contributed by atoms with Crippen LogP contribution in [0.25, 0.3) is 33.8 Å². The number of nitrogens with zero attached hydrogens (tertiary/aromatic N) is 6. The summed E-state index contributed by atoms with van der Waals surface area (Å²) < 4.78 is 16.7. The maximum Gasteiger partial charge on any atom is 0.163 e. The van der Waals surface area contributed by atoms with Crippen molar-refractivity contribution in [1.82, 2.24) is 29.3 Å². The van der Waals surface area contributed by atoms with Gasteiger partial charge in [0.05, 0.1) is 23.8 Å². The molecule has 0 N–H and O–H groups in total. The van der Waals surface area contributed by atoms with Gasteiger partial charge in [-0.1, -0.05) is 36.4 Å². The second-order valence-electron chi connectivity index (χ2n) is 7.92. The highest BCUT2D eigenvalue weighted by Crippen LogP contribution is 2.31. The van der Waals surface area contributed by atoms with Crippen molar-refractivity contribution in [2.24, 2.45) is 7.05 Å². The molecule has 0 radical (unpaired) electrons. The number of rotatable bonds is 6. The number of aromatic nitrogens is 6. The molecule has 0 atom stereocenters. The highest BCUT2D eigenvalue weighted by molar-refractivity contribution is 7.98. The van der Waals surface area contributed by atoms with Crippen molar-refractivity contribution in [3.8, 4) is 22.8 Å². The number of halogens is 1. The zero-order valence-electron chi connectivity index (χ0n) is 18.7. The van der Waals surface area contributed by atoms with E-state index in [1.807, 2.05) is 46.8 Å². The lowest BCUT2D eigenvalue weighted by Gasteiger charge is -2.10. The molecule has 166 valence electrons. The van der Waals surface area contributed by atoms with Gasteiger partial charge in [-0.25, -0.2) is 24.0 Å². The fourth-order valence-corrected chi connectivity index (χ4v) is 4.66. The number of benzene rings is 2. The first-order chi connectivity index (χ1) is 16.1. The molecule has 2 aromatic carbocycles. The number of hydrogen-bond donors (Lipinski definition) is 0. The minimum atomic E-state index is -0.566. The van der Waals surface area contributed by atoms with Crippen LogP contribution < -0.4 is 0 Å². The molecule has 0 amide bonds. The SMILES string of the molecule is CSc1cccc(C)c1-c1ncc2cnn(Cc3ccc(-c4nc(CF)cn4C)cc3)c2n1. The summed E-state index contributed by atoms with van der Waals surface area (Å²) >= 11 is 1.69. The van der Waals surface area contributed by atoms with E-state index in [2.05, 4.69) is 46.4 Å². The molecular formula is C25H23FN6S. The van der Waals surface area contributed by atoms with Crippen molar-refractivity contribution in [2.45, 2.75) is 25.0 Å². The molecule has 0 unspecified atom stereocenters. The lowest BCUT2D eigenvalue weighted by atomic mass is 10.1. The molecule has 33 heavy (non-hydrogen) atoms. The van der Waals surface area contributed by atoms with E-state index in [9.17, 15) is 4.39 Å². The predicted octanol–water partition coefficient (Wildman–Crippen LogP) is 5.44. The van der Waals surface area contributed by atoms with Crippen LogP contribution in [-0.2, 0) is 20.3 Å². The average Bonchev–Trinajstić information content (AvgIpc) is 3.42. The van der Waals surface area contributed by atoms with Crippen LogP contribution in [0.5, 0.6) is 0 Å². The van der Waals surface area contributed by atoms with Gasteiger partial charge in [0.1, 0.15) is 12.5 Å². The van der Waals surface area contributed by atoms with E-state index in [4.69, 9.17) is 4.98 Å². The summed E-state index contributed by atoms with van der Waals surface area (Å²) in [6.07, 6.45) is 7.42. The van der Waals surface area contributed by atoms with Gasteiger partial charge in [-0.05, 0) is 30.4 Å². The number of thioether (sulfide) groups is 1. The van der Waals surface area contributed by atoms with Crippen molar-refractivity contribution in [2.75, 3.05) is 6.26 Å². The smallest absolute Gasteiger partial charge is 0.163 e. The van der Waals surface area contributed by atoms with E-state index in [-0.39, 0.29) is 0 Å². The van der Waals surface area contributed by atoms with Crippen LogP contribution in [0.4, 0.5) is 4.39 Å². The van der Waals surface area contributed by atoms with Crippen LogP contribution in [0.3, 0.4) is 0 Å². The second-order valence-corrected chi connectivity index (χ2v) is 8.77. The van der Waals surface area contributed by atoms with E-state index >= 15 is 0 Å². The van der Waals surface area contributed by atoms with Gasteiger partial charge in [-0.3, -0.25) is 0 Å². The average molecular weight is 459 g/mol. The van der Waals surface area contributed by atoms with Gasteiger partial charge in [0.25, 0.3) is 0 Å². The van der Waals surface area contributed by atoms with Crippen LogP contribution in [-0.4, -0.2) is 35.6 Å². The Morgan fingerprint density at radius 3 is 2.58 bits per heavy atom. The Morgan fingerprint density at radius 2 is 1.85 bits per heavy atom. The number of imidazole rings is 1. The number of hydrogen-bond acceptors (Lipinski definition) is 5. The van der Waals surface area contributed by atoms with Crippen LogP contribution in [0.2, 0.25) is 0 Å². The summed E-state index contributed by atoms with van der Waals surface area (Å²) in [5.41, 5.74) is 5.48. The van der Waals surface area contributed by atoms with Gasteiger partial charge >= 0.3 is 0 Å². The standard InChI is InChI=1S/C25H23FN6S/c1-16-5-4-6-21(33-3)22(16)23-27-12-19-13-28-32(25(19)30-23)14-17-7-9-18(10-8-17)24-29-20(11-26)15-31(24)2/h4-10,12-13,15H,11,14H2,1-3H3. The molecule has 0 spiro atoms. The van der Waals surface area contributed by atoms with Crippen LogP contribution in [0.1, 0.15) is 16.8 Å². The van der Waals surface area contributed by atoms with Gasteiger partial charge in [0.2, 0.25) is 0 Å². The number of alkyl halides is 1. The summed E-state index contributed by atoms with van der Waals surface area (Å²) in [6, 6.07) is 14.3. The Labute approximate surface area is 195 Å². The molecule has 3 heterocycles. The van der Waals surface area contributed by atoms with Crippen molar-refractivity contribution >= 4 is 22.8 Å². The summed E-state index contributed by atoms with van der Waals surface area (Å²) in [4.78, 5) is 15.0. The Hall–Kier alpha value is -3.52. The van der Waals surface area contributed by atoms with Gasteiger partial charge < -0.3 is 4.57 Å². The largest absolute Gasteiger partial charge is 0.334 e. The van der Waals surface area contributed by atoms with Crippen molar-refractivity contribution in [3.63, 3.8) is 0 Å². The molecule has 3 aromatic heterocycles. The first kappa shape index (κ1) is 21.3. The lowest BCUT2D eigenvalue weighted by molar-refractivity contribution is 0.477. The van der Waals surface area contributed by atoms with Crippen LogP contribution >= 0.6 is 11.8 Å². The highest BCUT2D eigenvalue weighted by atomic mass is 32.2. The van der Waals surface area contributed by atoms with E-state index in [1.165, 1.54) is 0 Å². The van der Waals surface area contributed by atoms with Gasteiger partial charge in [0, 0.05) is 35.5 Å². The molecule has 0 bridgehead atoms. The van der Waals surface area contributed by atoms with Crippen molar-refractivity contribution in [1.29, 1.82) is 0 Å². The fourth-order valence-electron chi connectivity index (χ4n) is 3.99. The minimum absolute atomic E-state index is 0.438. The summed E-state index contributed by atoms with van der Waals surface area (Å²) in [6.45, 7) is 2.10. The van der Waals surface area contributed by atoms with Crippen molar-refractivity contribution < 1.29 is 4.39 Å². The highest BCUT2D eigenvalue weighted by Gasteiger charge is 2.14. The summed E-state index contributed by atoms with van der Waals surface area (Å²) in [5, 5.41) is 5.45. The third-order valence-electron chi connectivity index (χ3n) is 5.66. The maximum atomic E-state index is 12.9. The van der Waals surface area contributed by atoms with Crippen LogP contribution in [0, 0.1) is 6.92 Å². The molecule has 0 aliphatic rings. The molecule has 0 saturated carbocycles. The molecule has 5 rings (SSSR count). The third-order valence-corrected chi connectivity index (χ3v) is 6.44. The van der Waals surface area contributed by atoms with Gasteiger partial charge in [-0.15, -0.1) is 11.8 Å². The molecular weight excluding hydrogens is 435 g/mol. The topological polar surface area (TPSA) is 61.4 Å². The van der Waals surface area contributed by atoms with Gasteiger partial charge in [-0.2, -0.15) is 5.10 Å². The van der Waals surface area contributed by atoms with Crippen LogP contribution in [0.15, 0.2) is 66.0 Å². The van der Waals surface area contributed by atoms with E-state index in [1.54, 1.807) is 24.2 Å². The number of aryl methyl sites for hydroxylation is 2. The maximum absolute atomic E-state index is 12.9. The third kappa shape index (κ3) is 4.02. The fraction of sp³-hybridized carbons (Fsp3) is 0.200. The first-order valence-electron chi connectivity index (χ1n) is 10.6. The molecule has 0 aliphatic heterocycles.